The number of nitrogens with one attached hydrogen (secondary N) is 2. The smallest absolute Gasteiger partial charge is 0.272 e. The molecule has 9 heteroatoms. The van der Waals surface area contributed by atoms with Gasteiger partial charge in [-0.3, -0.25) is 14.4 Å². The number of hydrogen-bond acceptors (Lipinski definition) is 6. The van der Waals surface area contributed by atoms with Gasteiger partial charge in [0.1, 0.15) is 17.2 Å². The molecule has 0 unspecified atom stereocenters. The van der Waals surface area contributed by atoms with E-state index in [9.17, 15) is 14.4 Å². The van der Waals surface area contributed by atoms with E-state index in [0.717, 1.165) is 17.0 Å². The van der Waals surface area contributed by atoms with Crippen LogP contribution in [0.25, 0.3) is 6.08 Å². The molecule has 218 valence electrons. The van der Waals surface area contributed by atoms with Gasteiger partial charge in [-0.2, -0.15) is 0 Å². The number of rotatable bonds is 10. The van der Waals surface area contributed by atoms with Crippen LogP contribution < -0.4 is 25.0 Å². The largest absolute Gasteiger partial charge is 0.497 e. The molecule has 0 fully saturated rings. The summed E-state index contributed by atoms with van der Waals surface area (Å²) in [5.74, 6) is 0.509. The van der Waals surface area contributed by atoms with Gasteiger partial charge in [0.2, 0.25) is 5.91 Å². The van der Waals surface area contributed by atoms with Gasteiger partial charge in [-0.25, -0.2) is 0 Å². The third-order valence-electron chi connectivity index (χ3n) is 6.93. The highest BCUT2D eigenvalue weighted by atomic mass is 32.2. The van der Waals surface area contributed by atoms with E-state index in [-0.39, 0.29) is 11.6 Å². The number of anilines is 2. The number of carbonyl (C=O) groups is 3. The number of fused-ring (bicyclic) bond motifs is 1. The fraction of sp³-hybridized carbons (Fsp3) is 0.147. The molecule has 8 nitrogen and oxygen atoms in total. The lowest BCUT2D eigenvalue weighted by Crippen LogP contribution is -2.30. The lowest BCUT2D eigenvalue weighted by molar-refractivity contribution is -0.116. The van der Waals surface area contributed by atoms with Crippen LogP contribution >= 0.6 is 11.8 Å². The van der Waals surface area contributed by atoms with Crippen molar-refractivity contribution in [3.8, 4) is 11.5 Å². The van der Waals surface area contributed by atoms with Crippen molar-refractivity contribution in [2.45, 2.75) is 11.3 Å². The summed E-state index contributed by atoms with van der Waals surface area (Å²) in [6.45, 7) is 0.697. The number of amides is 3. The zero-order chi connectivity index (χ0) is 30.2. The van der Waals surface area contributed by atoms with Gasteiger partial charge in [-0.1, -0.05) is 36.4 Å². The fourth-order valence-corrected chi connectivity index (χ4v) is 5.46. The Hall–Kier alpha value is -5.02. The number of nitrogens with zero attached hydrogens (tertiary/aromatic N) is 1. The van der Waals surface area contributed by atoms with Crippen LogP contribution in [0.15, 0.2) is 108 Å². The zero-order valence-corrected chi connectivity index (χ0v) is 24.6. The summed E-state index contributed by atoms with van der Waals surface area (Å²) in [5, 5.41) is 5.59. The molecule has 5 rings (SSSR count). The van der Waals surface area contributed by atoms with E-state index >= 15 is 0 Å². The maximum absolute atomic E-state index is 13.4. The number of hydrogen-bond donors (Lipinski definition) is 2. The molecule has 4 aromatic carbocycles. The Morgan fingerprint density at radius 3 is 2.37 bits per heavy atom. The monoisotopic (exact) mass is 593 g/mol. The van der Waals surface area contributed by atoms with Gasteiger partial charge in [-0.15, -0.1) is 11.8 Å². The van der Waals surface area contributed by atoms with Gasteiger partial charge in [0.15, 0.2) is 0 Å². The number of carbonyl (C=O) groups excluding carboxylic acids is 3. The number of para-hydroxylation sites is 1. The highest BCUT2D eigenvalue weighted by Gasteiger charge is 2.24. The maximum Gasteiger partial charge on any atom is 0.272 e. The quantitative estimate of drug-likeness (QED) is 0.178. The number of ether oxygens (including phenoxy) is 2. The van der Waals surface area contributed by atoms with Crippen LogP contribution in [-0.2, 0) is 16.0 Å². The Labute approximate surface area is 254 Å². The fourth-order valence-electron chi connectivity index (χ4n) is 4.69. The van der Waals surface area contributed by atoms with Gasteiger partial charge < -0.3 is 25.0 Å². The number of methoxy groups -OCH3 is 2. The molecule has 0 atom stereocenters. The first-order valence-corrected chi connectivity index (χ1v) is 14.7. The minimum atomic E-state index is -0.509. The van der Waals surface area contributed by atoms with Crippen LogP contribution in [-0.4, -0.2) is 44.2 Å². The van der Waals surface area contributed by atoms with E-state index in [1.807, 2.05) is 41.3 Å². The Balaban J connectivity index is 1.28. The predicted molar refractivity (Wildman–Crippen MR) is 170 cm³/mol. The van der Waals surface area contributed by atoms with Crippen LogP contribution in [0.5, 0.6) is 11.5 Å². The lowest BCUT2D eigenvalue weighted by atomic mass is 10.1. The molecule has 0 bridgehead atoms. The summed E-state index contributed by atoms with van der Waals surface area (Å²) in [7, 11) is 3.07. The second-order valence-corrected chi connectivity index (χ2v) is 10.7. The van der Waals surface area contributed by atoms with Gasteiger partial charge in [0.25, 0.3) is 11.8 Å². The Bertz CT molecular complexity index is 1650. The van der Waals surface area contributed by atoms with Crippen molar-refractivity contribution in [3.63, 3.8) is 0 Å². The molecule has 2 N–H and O–H groups in total. The van der Waals surface area contributed by atoms with Crippen molar-refractivity contribution in [1.29, 1.82) is 0 Å². The molecule has 0 spiro atoms. The van der Waals surface area contributed by atoms with Crippen LogP contribution in [0, 0.1) is 0 Å². The molecule has 1 aliphatic rings. The molecule has 0 aliphatic carbocycles. The maximum atomic E-state index is 13.4. The average molecular weight is 594 g/mol. The molecule has 0 radical (unpaired) electrons. The highest BCUT2D eigenvalue weighted by molar-refractivity contribution is 8.00. The highest BCUT2D eigenvalue weighted by Crippen LogP contribution is 2.30. The van der Waals surface area contributed by atoms with Crippen molar-refractivity contribution >= 4 is 46.9 Å². The summed E-state index contributed by atoms with van der Waals surface area (Å²) in [6.07, 6.45) is 2.43. The van der Waals surface area contributed by atoms with Crippen LogP contribution in [0.1, 0.15) is 21.5 Å². The normalized spacial score (nSPS) is 12.3. The van der Waals surface area contributed by atoms with Crippen molar-refractivity contribution in [1.82, 2.24) is 5.32 Å². The minimum Gasteiger partial charge on any atom is -0.497 e. The van der Waals surface area contributed by atoms with Gasteiger partial charge in [0, 0.05) is 40.0 Å². The first kappa shape index (κ1) is 29.5. The molecular formula is C34H31N3O5S. The lowest BCUT2D eigenvalue weighted by Gasteiger charge is -2.17. The summed E-state index contributed by atoms with van der Waals surface area (Å²) in [6, 6.07) is 29.1. The first-order chi connectivity index (χ1) is 20.9. The SMILES string of the molecule is COc1ccc(/C=C(\NC(=O)c2ccccc2)C(=O)Nc2ccc(SCC(=O)N3CCc4ccccc43)cc2)c(OC)c1. The third kappa shape index (κ3) is 7.25. The van der Waals surface area contributed by atoms with Crippen molar-refractivity contribution in [2.24, 2.45) is 0 Å². The van der Waals surface area contributed by atoms with E-state index in [4.69, 9.17) is 9.47 Å². The van der Waals surface area contributed by atoms with E-state index < -0.39 is 11.8 Å². The Morgan fingerprint density at radius 2 is 1.63 bits per heavy atom. The van der Waals surface area contributed by atoms with Gasteiger partial charge >= 0.3 is 0 Å². The number of benzene rings is 4. The minimum absolute atomic E-state index is 0.0345. The third-order valence-corrected chi connectivity index (χ3v) is 7.93. The Morgan fingerprint density at radius 1 is 0.884 bits per heavy atom. The summed E-state index contributed by atoms with van der Waals surface area (Å²) >= 11 is 1.44. The van der Waals surface area contributed by atoms with Crippen LogP contribution in [0.4, 0.5) is 11.4 Å². The molecule has 3 amide bonds. The predicted octanol–water partition coefficient (Wildman–Crippen LogP) is 5.79. The van der Waals surface area contributed by atoms with Gasteiger partial charge in [0.05, 0.1) is 20.0 Å². The molecule has 0 aromatic heterocycles. The zero-order valence-electron chi connectivity index (χ0n) is 23.8. The Kier molecular flexibility index (Phi) is 9.43. The molecule has 1 aliphatic heterocycles. The first-order valence-electron chi connectivity index (χ1n) is 13.7. The summed E-state index contributed by atoms with van der Waals surface area (Å²) < 4.78 is 10.8. The van der Waals surface area contributed by atoms with E-state index in [1.165, 1.54) is 24.4 Å². The van der Waals surface area contributed by atoms with Crippen molar-refractivity contribution < 1.29 is 23.9 Å². The second kappa shape index (κ2) is 13.8. The van der Waals surface area contributed by atoms with Gasteiger partial charge in [-0.05, 0) is 72.7 Å². The molecular weight excluding hydrogens is 562 g/mol. The molecule has 4 aromatic rings. The average Bonchev–Trinajstić information content (AvgIpc) is 3.49. The molecule has 43 heavy (non-hydrogen) atoms. The second-order valence-electron chi connectivity index (χ2n) is 9.68. The summed E-state index contributed by atoms with van der Waals surface area (Å²) in [4.78, 5) is 42.0. The van der Waals surface area contributed by atoms with Crippen LogP contribution in [0.2, 0.25) is 0 Å². The summed E-state index contributed by atoms with van der Waals surface area (Å²) in [5.41, 5.74) is 3.75. The molecule has 0 saturated heterocycles. The molecule has 1 heterocycles. The molecule has 0 saturated carbocycles. The van der Waals surface area contributed by atoms with E-state index in [1.54, 1.807) is 67.8 Å². The van der Waals surface area contributed by atoms with E-state index in [2.05, 4.69) is 16.7 Å². The topological polar surface area (TPSA) is 97.0 Å². The van der Waals surface area contributed by atoms with Crippen LogP contribution in [0.3, 0.4) is 0 Å². The van der Waals surface area contributed by atoms with Crippen molar-refractivity contribution in [3.05, 3.63) is 119 Å². The standard InChI is InChI=1S/C34H31N3O5S/c1-41-27-15-12-25(31(21-27)42-2)20-29(36-33(39)24-9-4-3-5-10-24)34(40)35-26-13-16-28(17-14-26)43-22-32(38)37-19-18-23-8-6-7-11-30(23)37/h3-17,20-21H,18-19,22H2,1-2H3,(H,35,40)(H,36,39)/b29-20-. The van der Waals surface area contributed by atoms with E-state index in [0.29, 0.717) is 40.6 Å². The number of thioether (sulfide) groups is 1. The van der Waals surface area contributed by atoms with Crippen molar-refractivity contribution in [2.75, 3.05) is 36.7 Å².